The Bertz CT molecular complexity index is 3880. The van der Waals surface area contributed by atoms with Crippen molar-refractivity contribution in [3.05, 3.63) is 267 Å². The van der Waals surface area contributed by atoms with E-state index >= 15 is 0 Å². The summed E-state index contributed by atoms with van der Waals surface area (Å²) in [6, 6.07) is 94.1. The fraction of sp³-hybridized carbons (Fsp3) is 0. The van der Waals surface area contributed by atoms with E-state index in [0.717, 1.165) is 65.8 Å². The molecule has 0 saturated heterocycles. The van der Waals surface area contributed by atoms with Crippen LogP contribution in [-0.2, 0) is 0 Å². The van der Waals surface area contributed by atoms with Gasteiger partial charge in [0.15, 0.2) is 34.9 Å². The summed E-state index contributed by atoms with van der Waals surface area (Å²) in [6.45, 7) is 0. The van der Waals surface area contributed by atoms with E-state index in [4.69, 9.17) is 29.9 Å². The molecule has 14 aromatic rings. The van der Waals surface area contributed by atoms with Crippen LogP contribution in [0.1, 0.15) is 0 Å². The molecule has 14 rings (SSSR count). The third-order valence-corrected chi connectivity index (χ3v) is 18.8. The highest BCUT2D eigenvalue weighted by Crippen LogP contribution is 2.38. The summed E-state index contributed by atoms with van der Waals surface area (Å²) in [5, 5.41) is 7.10. The molecule has 0 aliphatic rings. The van der Waals surface area contributed by atoms with Crippen LogP contribution in [0.15, 0.2) is 267 Å². The maximum Gasteiger partial charge on any atom is 0.340 e. The number of fused-ring (bicyclic) bond motifs is 6. The van der Waals surface area contributed by atoms with Gasteiger partial charge in [-0.3, -0.25) is 0 Å². The number of hydrogen-bond donors (Lipinski definition) is 0. The minimum absolute atomic E-state index is 0.599. The first kappa shape index (κ1) is 43.8. The first-order valence-electron chi connectivity index (χ1n) is 25.1. The van der Waals surface area contributed by atoms with Crippen molar-refractivity contribution in [3.8, 4) is 68.3 Å². The first-order valence-corrected chi connectivity index (χ1v) is 27.0. The Morgan fingerprint density at radius 3 is 0.640 bits per heavy atom. The molecule has 352 valence electrons. The van der Waals surface area contributed by atoms with E-state index < -0.39 is 8.40 Å². The predicted molar refractivity (Wildman–Crippen MR) is 307 cm³/mol. The van der Waals surface area contributed by atoms with Crippen LogP contribution >= 0.6 is 0 Å². The topological polar surface area (TPSA) is 87.2 Å². The molecular formula is C66H44N8Si. The third kappa shape index (κ3) is 7.44. The second-order valence-corrected chi connectivity index (χ2v) is 22.0. The number of rotatable bonds is 10. The lowest BCUT2D eigenvalue weighted by Gasteiger charge is -2.38. The van der Waals surface area contributed by atoms with Gasteiger partial charge in [0.05, 0.1) is 0 Å². The fourth-order valence-corrected chi connectivity index (χ4v) is 15.9. The molecule has 0 bridgehead atoms. The average molecular weight is 977 g/mol. The molecule has 0 unspecified atom stereocenters. The molecule has 0 amide bonds. The van der Waals surface area contributed by atoms with Crippen molar-refractivity contribution in [1.82, 2.24) is 38.4 Å². The average Bonchev–Trinajstić information content (AvgIpc) is 4.02. The molecule has 8 nitrogen and oxygen atoms in total. The van der Waals surface area contributed by atoms with Crippen molar-refractivity contribution in [2.24, 2.45) is 0 Å². The van der Waals surface area contributed by atoms with Crippen molar-refractivity contribution in [3.63, 3.8) is 0 Å². The molecule has 0 atom stereocenters. The Hall–Kier alpha value is -9.96. The second-order valence-electron chi connectivity index (χ2n) is 18.6. The maximum absolute atomic E-state index is 5.16. The third-order valence-electron chi connectivity index (χ3n) is 14.3. The second kappa shape index (κ2) is 18.3. The van der Waals surface area contributed by atoms with Crippen LogP contribution < -0.4 is 10.4 Å². The van der Waals surface area contributed by atoms with Crippen molar-refractivity contribution in [2.75, 3.05) is 0 Å². The van der Waals surface area contributed by atoms with Crippen LogP contribution in [0.3, 0.4) is 0 Å². The summed E-state index contributed by atoms with van der Waals surface area (Å²) in [5.41, 5.74) is 10.1. The number of benzene rings is 10. The molecule has 0 radical (unpaired) electrons. The van der Waals surface area contributed by atoms with Crippen LogP contribution in [-0.4, -0.2) is 46.8 Å². The zero-order chi connectivity index (χ0) is 49.7. The van der Waals surface area contributed by atoms with E-state index in [-0.39, 0.29) is 0 Å². The molecule has 0 aliphatic heterocycles. The van der Waals surface area contributed by atoms with Gasteiger partial charge in [-0.1, -0.05) is 243 Å². The first-order chi connectivity index (χ1) is 37.2. The lowest BCUT2D eigenvalue weighted by Crippen LogP contribution is -2.69. The highest BCUT2D eigenvalue weighted by molar-refractivity contribution is 7.01. The molecular weight excluding hydrogens is 933 g/mol. The quantitative estimate of drug-likeness (QED) is 0.127. The zero-order valence-electron chi connectivity index (χ0n) is 40.5. The Labute approximate surface area is 433 Å². The summed E-state index contributed by atoms with van der Waals surface area (Å²) < 4.78 is 5.38. The monoisotopic (exact) mass is 976 g/mol. The van der Waals surface area contributed by atoms with Gasteiger partial charge in [-0.25, -0.2) is 29.9 Å². The van der Waals surface area contributed by atoms with Gasteiger partial charge in [0.25, 0.3) is 0 Å². The summed E-state index contributed by atoms with van der Waals surface area (Å²) in [6.07, 6.45) is 0. The molecule has 0 N–H and O–H groups in total. The lowest BCUT2D eigenvalue weighted by atomic mass is 10.1. The number of aromatic nitrogens is 8. The van der Waals surface area contributed by atoms with E-state index in [0.29, 0.717) is 34.9 Å². The van der Waals surface area contributed by atoms with Gasteiger partial charge in [-0.05, 0) is 34.6 Å². The molecule has 0 fully saturated rings. The molecule has 4 aromatic heterocycles. The lowest BCUT2D eigenvalue weighted by molar-refractivity contribution is 1.07. The molecule has 0 spiro atoms. The molecule has 0 aliphatic carbocycles. The zero-order valence-corrected chi connectivity index (χ0v) is 41.5. The van der Waals surface area contributed by atoms with Crippen molar-refractivity contribution >= 4 is 62.4 Å². The van der Waals surface area contributed by atoms with E-state index in [1.54, 1.807) is 0 Å². The van der Waals surface area contributed by atoms with E-state index in [2.05, 4.69) is 154 Å². The predicted octanol–water partition coefficient (Wildman–Crippen LogP) is 13.9. The number of nitrogens with zero attached hydrogens (tertiary/aromatic N) is 8. The van der Waals surface area contributed by atoms with Gasteiger partial charge in [-0.15, -0.1) is 0 Å². The Morgan fingerprint density at radius 1 is 0.200 bits per heavy atom. The smallest absolute Gasteiger partial charge is 0.340 e. The van der Waals surface area contributed by atoms with Crippen molar-refractivity contribution in [2.45, 2.75) is 0 Å². The summed E-state index contributed by atoms with van der Waals surface area (Å²) in [7, 11) is -3.63. The summed E-state index contributed by atoms with van der Waals surface area (Å²) in [4.78, 5) is 30.7. The standard InChI is InChI=1S/C66H44N8Si/c1-5-21-45(22-6-1)61-67-62(46-23-7-2-8-24-46)70-65(69-61)49-37-41-51(42-38-49)75(73-57-33-17-13-29-53(57)54-30-14-18-34-58(54)73,74-59-35-19-15-31-55(59)56-32-16-20-36-60(56)74)52-43-39-50(40-44-52)66-71-63(47-25-9-3-10-26-47)68-64(72-66)48-27-11-4-12-28-48/h1-44H. The highest BCUT2D eigenvalue weighted by Gasteiger charge is 2.47. The van der Waals surface area contributed by atoms with Gasteiger partial charge >= 0.3 is 8.40 Å². The highest BCUT2D eigenvalue weighted by atomic mass is 28.3. The molecule has 10 aromatic carbocycles. The largest absolute Gasteiger partial charge is 0.342 e. The van der Waals surface area contributed by atoms with Gasteiger partial charge in [0.1, 0.15) is 0 Å². The molecule has 9 heteroatoms. The maximum atomic E-state index is 5.16. The van der Waals surface area contributed by atoms with Crippen molar-refractivity contribution in [1.29, 1.82) is 0 Å². The minimum atomic E-state index is -3.63. The SMILES string of the molecule is c1ccc(-c2nc(-c3ccccc3)nc(-c3ccc([Si](c4ccc(-c5nc(-c6ccccc6)nc(-c6ccccc6)n5)cc4)(n4c5ccccc5c5ccccc54)n4c5ccccc5c5ccccc54)cc3)n2)cc1. The van der Waals surface area contributed by atoms with Crippen LogP contribution in [0.4, 0.5) is 0 Å². The van der Waals surface area contributed by atoms with Gasteiger partial charge in [0.2, 0.25) is 0 Å². The van der Waals surface area contributed by atoms with E-state index in [9.17, 15) is 0 Å². The van der Waals surface area contributed by atoms with E-state index in [1.807, 2.05) is 121 Å². The van der Waals surface area contributed by atoms with Crippen LogP contribution in [0.5, 0.6) is 0 Å². The van der Waals surface area contributed by atoms with Crippen LogP contribution in [0.25, 0.3) is 112 Å². The Balaban J connectivity index is 1.05. The Morgan fingerprint density at radius 2 is 0.400 bits per heavy atom. The number of para-hydroxylation sites is 4. The molecule has 4 heterocycles. The van der Waals surface area contributed by atoms with Crippen LogP contribution in [0.2, 0.25) is 0 Å². The minimum Gasteiger partial charge on any atom is -0.342 e. The summed E-state index contributed by atoms with van der Waals surface area (Å²) in [5.74, 6) is 3.67. The van der Waals surface area contributed by atoms with Gasteiger partial charge < -0.3 is 8.47 Å². The fourth-order valence-electron chi connectivity index (χ4n) is 10.9. The normalized spacial score (nSPS) is 11.7. The number of hydrogen-bond acceptors (Lipinski definition) is 6. The summed E-state index contributed by atoms with van der Waals surface area (Å²) >= 11 is 0. The molecule has 75 heavy (non-hydrogen) atoms. The molecule has 0 saturated carbocycles. The van der Waals surface area contributed by atoms with Gasteiger partial charge in [0, 0.05) is 77.0 Å². The Kier molecular flexibility index (Phi) is 10.7. The van der Waals surface area contributed by atoms with Crippen LogP contribution in [0, 0.1) is 0 Å². The van der Waals surface area contributed by atoms with Gasteiger partial charge in [-0.2, -0.15) is 0 Å². The van der Waals surface area contributed by atoms with E-state index in [1.165, 1.54) is 21.5 Å². The van der Waals surface area contributed by atoms with Crippen molar-refractivity contribution < 1.29 is 0 Å².